The van der Waals surface area contributed by atoms with E-state index in [9.17, 15) is 13.2 Å². The molecule has 6 nitrogen and oxygen atoms in total. The minimum Gasteiger partial charge on any atom is -0.383 e. The van der Waals surface area contributed by atoms with E-state index >= 15 is 0 Å². The smallest absolute Gasteiger partial charge is 0.243 e. The second-order valence-electron chi connectivity index (χ2n) is 4.50. The fraction of sp³-hybridized carbons (Fsp3) is 0.462. The van der Waals surface area contributed by atoms with Gasteiger partial charge in [0.15, 0.2) is 0 Å². The second kappa shape index (κ2) is 7.63. The van der Waals surface area contributed by atoms with Gasteiger partial charge in [0.1, 0.15) is 6.04 Å². The van der Waals surface area contributed by atoms with Crippen LogP contribution in [0.3, 0.4) is 0 Å². The van der Waals surface area contributed by atoms with E-state index in [1.807, 2.05) is 0 Å². The number of anilines is 1. The number of carbonyl (C=O) groups excluding carboxylic acids is 1. The first-order valence-electron chi connectivity index (χ1n) is 6.29. The van der Waals surface area contributed by atoms with Crippen molar-refractivity contribution in [2.75, 3.05) is 30.8 Å². The average Bonchev–Trinajstić information content (AvgIpc) is 2.37. The van der Waals surface area contributed by atoms with Crippen LogP contribution in [0.2, 0.25) is 5.02 Å². The average molecular weight is 335 g/mol. The number of halogens is 1. The molecule has 118 valence electrons. The lowest BCUT2D eigenvalue weighted by molar-refractivity contribution is -0.122. The number of amides is 1. The third-order valence-electron chi connectivity index (χ3n) is 2.76. The van der Waals surface area contributed by atoms with Crippen LogP contribution in [0.1, 0.15) is 6.92 Å². The van der Waals surface area contributed by atoms with Crippen LogP contribution >= 0.6 is 11.6 Å². The van der Waals surface area contributed by atoms with Crippen LogP contribution in [-0.4, -0.2) is 46.9 Å². The number of sulfonamides is 1. The molecule has 0 aliphatic heterocycles. The van der Waals surface area contributed by atoms with Crippen LogP contribution < -0.4 is 9.62 Å². The summed E-state index contributed by atoms with van der Waals surface area (Å²) in [5.74, 6) is -0.405. The Hall–Kier alpha value is -1.31. The molecule has 0 fully saturated rings. The van der Waals surface area contributed by atoms with Gasteiger partial charge in [-0.3, -0.25) is 9.10 Å². The zero-order chi connectivity index (χ0) is 16.0. The van der Waals surface area contributed by atoms with Crippen LogP contribution in [0.25, 0.3) is 0 Å². The Labute approximate surface area is 130 Å². The van der Waals surface area contributed by atoms with Gasteiger partial charge in [-0.2, -0.15) is 0 Å². The normalized spacial score (nSPS) is 12.8. The summed E-state index contributed by atoms with van der Waals surface area (Å²) in [4.78, 5) is 12.1. The summed E-state index contributed by atoms with van der Waals surface area (Å²) in [6.45, 7) is 2.19. The van der Waals surface area contributed by atoms with E-state index in [1.54, 1.807) is 18.2 Å². The van der Waals surface area contributed by atoms with Gasteiger partial charge in [0.2, 0.25) is 15.9 Å². The van der Waals surface area contributed by atoms with Gasteiger partial charge >= 0.3 is 0 Å². The second-order valence-corrected chi connectivity index (χ2v) is 6.79. The van der Waals surface area contributed by atoms with Gasteiger partial charge < -0.3 is 10.1 Å². The molecule has 0 spiro atoms. The number of ether oxygens (including phenoxy) is 1. The van der Waals surface area contributed by atoms with Gasteiger partial charge in [-0.1, -0.05) is 17.7 Å². The molecule has 0 heterocycles. The van der Waals surface area contributed by atoms with Crippen LogP contribution in [0.15, 0.2) is 24.3 Å². The summed E-state index contributed by atoms with van der Waals surface area (Å²) in [7, 11) is -2.11. The van der Waals surface area contributed by atoms with Crippen molar-refractivity contribution in [3.63, 3.8) is 0 Å². The number of nitrogens with one attached hydrogen (secondary N) is 1. The number of hydrogen-bond donors (Lipinski definition) is 1. The molecule has 0 saturated heterocycles. The molecule has 1 N–H and O–H groups in total. The molecule has 1 aromatic rings. The molecule has 1 aromatic carbocycles. The van der Waals surface area contributed by atoms with Crippen molar-refractivity contribution in [1.29, 1.82) is 0 Å². The van der Waals surface area contributed by atoms with Gasteiger partial charge in [-0.15, -0.1) is 0 Å². The lowest BCUT2D eigenvalue weighted by Gasteiger charge is -2.28. The number of benzene rings is 1. The molecular weight excluding hydrogens is 316 g/mol. The van der Waals surface area contributed by atoms with E-state index in [0.29, 0.717) is 23.9 Å². The van der Waals surface area contributed by atoms with Crippen molar-refractivity contribution in [3.8, 4) is 0 Å². The number of rotatable bonds is 7. The van der Waals surface area contributed by atoms with Crippen LogP contribution in [-0.2, 0) is 19.6 Å². The summed E-state index contributed by atoms with van der Waals surface area (Å²) < 4.78 is 29.9. The minimum atomic E-state index is -3.63. The fourth-order valence-corrected chi connectivity index (χ4v) is 3.20. The first kappa shape index (κ1) is 17.7. The Morgan fingerprint density at radius 2 is 2.14 bits per heavy atom. The number of methoxy groups -OCH3 is 1. The van der Waals surface area contributed by atoms with Crippen molar-refractivity contribution in [3.05, 3.63) is 29.3 Å². The van der Waals surface area contributed by atoms with E-state index < -0.39 is 22.0 Å². The highest BCUT2D eigenvalue weighted by Gasteiger charge is 2.28. The predicted molar refractivity (Wildman–Crippen MR) is 83.1 cm³/mol. The molecule has 0 aliphatic carbocycles. The molecular formula is C13H19ClN2O4S. The highest BCUT2D eigenvalue weighted by molar-refractivity contribution is 7.92. The number of nitrogens with zero attached hydrogens (tertiary/aromatic N) is 1. The number of carbonyl (C=O) groups is 1. The largest absolute Gasteiger partial charge is 0.383 e. The van der Waals surface area contributed by atoms with Crippen molar-refractivity contribution < 1.29 is 17.9 Å². The third-order valence-corrected chi connectivity index (χ3v) is 4.23. The Morgan fingerprint density at radius 1 is 1.48 bits per heavy atom. The monoisotopic (exact) mass is 334 g/mol. The predicted octanol–water partition coefficient (Wildman–Crippen LogP) is 1.26. The quantitative estimate of drug-likeness (QED) is 0.762. The van der Waals surface area contributed by atoms with Gasteiger partial charge in [-0.25, -0.2) is 8.42 Å². The summed E-state index contributed by atoms with van der Waals surface area (Å²) in [6, 6.07) is 5.46. The Kier molecular flexibility index (Phi) is 6.44. The zero-order valence-electron chi connectivity index (χ0n) is 12.2. The first-order chi connectivity index (χ1) is 9.77. The molecule has 8 heteroatoms. The lowest BCUT2D eigenvalue weighted by Crippen LogP contribution is -2.48. The molecule has 0 radical (unpaired) electrons. The highest BCUT2D eigenvalue weighted by atomic mass is 35.5. The maximum absolute atomic E-state index is 12.1. The standard InChI is InChI=1S/C13H19ClN2O4S/c1-10(13(17)15-7-8-20-2)16(21(3,18)19)12-6-4-5-11(14)9-12/h4-6,9-10H,7-8H2,1-3H3,(H,15,17)/t10-/m0/s1. The molecule has 1 rings (SSSR count). The molecule has 0 aliphatic rings. The topological polar surface area (TPSA) is 75.7 Å². The third kappa shape index (κ3) is 5.18. The first-order valence-corrected chi connectivity index (χ1v) is 8.51. The fourth-order valence-electron chi connectivity index (χ4n) is 1.85. The molecule has 1 amide bonds. The van der Waals surface area contributed by atoms with Crippen molar-refractivity contribution in [2.24, 2.45) is 0 Å². The Morgan fingerprint density at radius 3 is 2.67 bits per heavy atom. The van der Waals surface area contributed by atoms with Gasteiger partial charge in [0.05, 0.1) is 18.6 Å². The van der Waals surface area contributed by atoms with Crippen molar-refractivity contribution in [2.45, 2.75) is 13.0 Å². The van der Waals surface area contributed by atoms with E-state index in [1.165, 1.54) is 20.1 Å². The lowest BCUT2D eigenvalue weighted by atomic mass is 10.2. The van der Waals surface area contributed by atoms with Gasteiger partial charge in [-0.05, 0) is 25.1 Å². The maximum atomic E-state index is 12.1. The highest BCUT2D eigenvalue weighted by Crippen LogP contribution is 2.24. The van der Waals surface area contributed by atoms with E-state index in [2.05, 4.69) is 5.32 Å². The summed E-state index contributed by atoms with van der Waals surface area (Å²) in [6.07, 6.45) is 1.05. The Bertz CT molecular complexity index is 592. The molecule has 0 bridgehead atoms. The van der Waals surface area contributed by atoms with Gasteiger partial charge in [0, 0.05) is 18.7 Å². The minimum absolute atomic E-state index is 0.312. The summed E-state index contributed by atoms with van der Waals surface area (Å²) >= 11 is 5.89. The van der Waals surface area contributed by atoms with Crippen molar-refractivity contribution in [1.82, 2.24) is 5.32 Å². The van der Waals surface area contributed by atoms with Crippen LogP contribution in [0.4, 0.5) is 5.69 Å². The summed E-state index contributed by atoms with van der Waals surface area (Å²) in [5, 5.41) is 3.01. The number of hydrogen-bond acceptors (Lipinski definition) is 4. The maximum Gasteiger partial charge on any atom is 0.243 e. The molecule has 21 heavy (non-hydrogen) atoms. The van der Waals surface area contributed by atoms with Crippen LogP contribution in [0, 0.1) is 0 Å². The van der Waals surface area contributed by atoms with Crippen molar-refractivity contribution >= 4 is 33.2 Å². The molecule has 1 atom stereocenters. The van der Waals surface area contributed by atoms with Crippen LogP contribution in [0.5, 0.6) is 0 Å². The summed E-state index contributed by atoms with van der Waals surface area (Å²) in [5.41, 5.74) is 0.347. The Balaban J connectivity index is 3.01. The molecule has 0 aromatic heterocycles. The SMILES string of the molecule is COCCNC(=O)[C@H](C)N(c1cccc(Cl)c1)S(C)(=O)=O. The van der Waals surface area contributed by atoms with Gasteiger partial charge in [0.25, 0.3) is 0 Å². The zero-order valence-corrected chi connectivity index (χ0v) is 13.7. The van der Waals surface area contributed by atoms with E-state index in [0.717, 1.165) is 10.6 Å². The van der Waals surface area contributed by atoms with E-state index in [-0.39, 0.29) is 0 Å². The molecule has 0 unspecified atom stereocenters. The van der Waals surface area contributed by atoms with E-state index in [4.69, 9.17) is 16.3 Å². The molecule has 0 saturated carbocycles.